The molecule has 2 aliphatic rings. The number of nitrogen functional groups attached to an aromatic ring is 1. The van der Waals surface area contributed by atoms with Crippen LogP contribution in [0.1, 0.15) is 5.69 Å². The third-order valence-electron chi connectivity index (χ3n) is 5.28. The monoisotopic (exact) mass is 519 g/mol. The molecule has 0 radical (unpaired) electrons. The number of amides is 2. The van der Waals surface area contributed by atoms with E-state index in [4.69, 9.17) is 10.6 Å². The van der Waals surface area contributed by atoms with Crippen molar-refractivity contribution in [2.75, 3.05) is 37.6 Å². The van der Waals surface area contributed by atoms with E-state index in [-0.39, 0.29) is 28.8 Å². The molecule has 4 N–H and O–H groups in total. The van der Waals surface area contributed by atoms with Crippen molar-refractivity contribution in [1.29, 1.82) is 0 Å². The molecule has 184 valence electrons. The van der Waals surface area contributed by atoms with Crippen LogP contribution in [0.25, 0.3) is 0 Å². The molecule has 1 unspecified atom stereocenters. The fraction of sp³-hybridized carbons (Fsp3) is 0.350. The Balaban J connectivity index is 1.54. The van der Waals surface area contributed by atoms with E-state index in [1.165, 1.54) is 23.8 Å². The lowest BCUT2D eigenvalue weighted by Gasteiger charge is -2.49. The Hall–Kier alpha value is -3.72. The molecule has 0 bridgehead atoms. The summed E-state index contributed by atoms with van der Waals surface area (Å²) < 4.78 is 1.82. The lowest BCUT2D eigenvalue weighted by Crippen LogP contribution is -2.71. The lowest BCUT2D eigenvalue weighted by atomic mass is 10.0. The summed E-state index contributed by atoms with van der Waals surface area (Å²) in [6, 6.07) is -0.921. The highest BCUT2D eigenvalue weighted by atomic mass is 32.2. The van der Waals surface area contributed by atoms with Gasteiger partial charge in [-0.25, -0.2) is 14.8 Å². The molecule has 1 fully saturated rings. The predicted molar refractivity (Wildman–Crippen MR) is 129 cm³/mol. The molecule has 35 heavy (non-hydrogen) atoms. The molecule has 15 heteroatoms. The molecular formula is C20H23N8O5S2+. The van der Waals surface area contributed by atoms with Gasteiger partial charge in [0.25, 0.3) is 11.8 Å². The first-order valence-electron chi connectivity index (χ1n) is 10.3. The SMILES string of the molecule is CO/N=C(\C(=O)NC1C(=O)N2C(C(=O)O)=C(C[n+]3ccnc(N(C)C)c3)CS[C@H]12)c1csc(N)n1. The molecule has 0 aromatic carbocycles. The van der Waals surface area contributed by atoms with Crippen LogP contribution in [0.15, 0.2) is 40.4 Å². The Morgan fingerprint density at radius 3 is 2.86 bits per heavy atom. The largest absolute Gasteiger partial charge is 0.477 e. The summed E-state index contributed by atoms with van der Waals surface area (Å²) >= 11 is 2.51. The van der Waals surface area contributed by atoms with Gasteiger partial charge in [-0.2, -0.15) is 4.57 Å². The van der Waals surface area contributed by atoms with E-state index in [1.54, 1.807) is 24.0 Å². The lowest BCUT2D eigenvalue weighted by molar-refractivity contribution is -0.688. The van der Waals surface area contributed by atoms with Gasteiger partial charge in [0.05, 0.1) is 6.20 Å². The average Bonchev–Trinajstić information content (AvgIpc) is 3.26. The predicted octanol–water partition coefficient (Wildman–Crippen LogP) is -0.737. The molecule has 2 amide bonds. The molecule has 2 aliphatic heterocycles. The molecule has 0 saturated carbocycles. The second-order valence-electron chi connectivity index (χ2n) is 7.79. The number of carbonyl (C=O) groups excluding carboxylic acids is 2. The van der Waals surface area contributed by atoms with E-state index < -0.39 is 29.2 Å². The molecular weight excluding hydrogens is 496 g/mol. The number of thioether (sulfide) groups is 1. The van der Waals surface area contributed by atoms with Gasteiger partial charge in [0, 0.05) is 30.8 Å². The molecule has 2 aromatic rings. The zero-order chi connectivity index (χ0) is 25.3. The molecule has 2 atom stereocenters. The van der Waals surface area contributed by atoms with E-state index in [1.807, 2.05) is 23.6 Å². The molecule has 2 aromatic heterocycles. The molecule has 1 saturated heterocycles. The summed E-state index contributed by atoms with van der Waals surface area (Å²) in [7, 11) is 4.99. The second-order valence-corrected chi connectivity index (χ2v) is 9.79. The quantitative estimate of drug-likeness (QED) is 0.175. The van der Waals surface area contributed by atoms with Crippen LogP contribution in [-0.2, 0) is 25.8 Å². The Labute approximate surface area is 208 Å². The number of hydrogen-bond donors (Lipinski definition) is 3. The Kier molecular flexibility index (Phi) is 6.88. The van der Waals surface area contributed by atoms with Gasteiger partial charge in [0.1, 0.15) is 29.9 Å². The zero-order valence-electron chi connectivity index (χ0n) is 19.0. The summed E-state index contributed by atoms with van der Waals surface area (Å²) in [5.41, 5.74) is 6.24. The van der Waals surface area contributed by atoms with Crippen molar-refractivity contribution in [1.82, 2.24) is 20.2 Å². The number of carbonyl (C=O) groups is 3. The first-order chi connectivity index (χ1) is 16.7. The number of β-lactam (4-membered cyclic amide) rings is 1. The maximum absolute atomic E-state index is 13.0. The average molecular weight is 520 g/mol. The number of thiazole rings is 1. The van der Waals surface area contributed by atoms with Gasteiger partial charge < -0.3 is 25.9 Å². The number of nitrogens with one attached hydrogen (secondary N) is 1. The van der Waals surface area contributed by atoms with Crippen molar-refractivity contribution in [3.05, 3.63) is 40.9 Å². The molecule has 4 rings (SSSR count). The number of aliphatic carboxylic acids is 1. The van der Waals surface area contributed by atoms with Crippen LogP contribution < -0.4 is 20.5 Å². The number of hydrogen-bond acceptors (Lipinski definition) is 11. The second kappa shape index (κ2) is 9.87. The number of nitrogens with two attached hydrogens (primary N) is 1. The topological polar surface area (TPSA) is 167 Å². The summed E-state index contributed by atoms with van der Waals surface area (Å²) in [6.07, 6.45) is 5.16. The van der Waals surface area contributed by atoms with Crippen LogP contribution in [0.3, 0.4) is 0 Å². The van der Waals surface area contributed by atoms with Crippen LogP contribution in [0.2, 0.25) is 0 Å². The number of rotatable bonds is 8. The fourth-order valence-electron chi connectivity index (χ4n) is 3.68. The summed E-state index contributed by atoms with van der Waals surface area (Å²) in [5.74, 6) is -1.31. The molecule has 13 nitrogen and oxygen atoms in total. The Bertz CT molecular complexity index is 1240. The fourth-order valence-corrected chi connectivity index (χ4v) is 5.56. The van der Waals surface area contributed by atoms with Crippen molar-refractivity contribution < 1.29 is 28.9 Å². The number of carboxylic acids is 1. The standard InChI is InChI=1S/C20H22N8O5S2/c1-26(2)12-7-27(5-4-22-12)6-10-8-34-18-14(17(30)28(18)15(10)19(31)32)24-16(29)13(25-33-3)11-9-35-20(21)23-11/h4-5,7,9,14,18H,6,8H2,1-3H3,(H3-,21,23,24,29,31,32)/p+1/b25-13-/t14?,18-/m1/s1. The van der Waals surface area contributed by atoms with E-state index in [9.17, 15) is 19.5 Å². The van der Waals surface area contributed by atoms with Gasteiger partial charge in [-0.15, -0.1) is 23.1 Å². The van der Waals surface area contributed by atoms with Crippen LogP contribution in [-0.4, -0.2) is 81.8 Å². The van der Waals surface area contributed by atoms with Gasteiger partial charge in [-0.1, -0.05) is 5.16 Å². The van der Waals surface area contributed by atoms with E-state index in [0.717, 1.165) is 11.3 Å². The number of anilines is 2. The Morgan fingerprint density at radius 1 is 1.46 bits per heavy atom. The van der Waals surface area contributed by atoms with Crippen LogP contribution >= 0.6 is 23.1 Å². The first-order valence-corrected chi connectivity index (χ1v) is 12.2. The van der Waals surface area contributed by atoms with Gasteiger partial charge in [-0.3, -0.25) is 14.5 Å². The highest BCUT2D eigenvalue weighted by Gasteiger charge is 2.54. The number of nitrogens with zero attached hydrogens (tertiary/aromatic N) is 6. The minimum absolute atomic E-state index is 0.0713. The van der Waals surface area contributed by atoms with Crippen LogP contribution in [0.5, 0.6) is 0 Å². The summed E-state index contributed by atoms with van der Waals surface area (Å²) in [5, 5.41) is 17.5. The third kappa shape index (κ3) is 4.77. The van der Waals surface area contributed by atoms with Crippen LogP contribution in [0.4, 0.5) is 10.9 Å². The Morgan fingerprint density at radius 2 is 2.23 bits per heavy atom. The maximum atomic E-state index is 13.0. The van der Waals surface area contributed by atoms with E-state index >= 15 is 0 Å². The smallest absolute Gasteiger partial charge is 0.352 e. The minimum Gasteiger partial charge on any atom is -0.477 e. The van der Waals surface area contributed by atoms with Crippen molar-refractivity contribution in [3.63, 3.8) is 0 Å². The van der Waals surface area contributed by atoms with Crippen molar-refractivity contribution >= 4 is 57.5 Å². The van der Waals surface area contributed by atoms with Crippen molar-refractivity contribution in [2.24, 2.45) is 5.16 Å². The van der Waals surface area contributed by atoms with Gasteiger partial charge in [0.15, 0.2) is 29.4 Å². The van der Waals surface area contributed by atoms with Crippen molar-refractivity contribution in [2.45, 2.75) is 18.0 Å². The van der Waals surface area contributed by atoms with E-state index in [0.29, 0.717) is 17.1 Å². The normalized spacial score (nSPS) is 19.7. The van der Waals surface area contributed by atoms with Gasteiger partial charge in [-0.05, 0) is 0 Å². The minimum atomic E-state index is -1.20. The highest BCUT2D eigenvalue weighted by Crippen LogP contribution is 2.40. The summed E-state index contributed by atoms with van der Waals surface area (Å²) in [4.78, 5) is 54.1. The summed E-state index contributed by atoms with van der Waals surface area (Å²) in [6.45, 7) is 0.279. The van der Waals surface area contributed by atoms with E-state index in [2.05, 4.69) is 20.4 Å². The highest BCUT2D eigenvalue weighted by molar-refractivity contribution is 8.00. The maximum Gasteiger partial charge on any atom is 0.352 e. The number of oxime groups is 1. The van der Waals surface area contributed by atoms with Gasteiger partial charge >= 0.3 is 5.97 Å². The molecule has 0 spiro atoms. The molecule has 0 aliphatic carbocycles. The molecule has 4 heterocycles. The number of fused-ring (bicyclic) bond motifs is 1. The first kappa shape index (κ1) is 24.4. The number of aromatic nitrogens is 3. The zero-order valence-corrected chi connectivity index (χ0v) is 20.7. The third-order valence-corrected chi connectivity index (χ3v) is 7.29. The van der Waals surface area contributed by atoms with Gasteiger partial charge in [0.2, 0.25) is 6.20 Å². The van der Waals surface area contributed by atoms with Crippen LogP contribution in [0, 0.1) is 0 Å². The number of carboxylic acid groups (broad SMARTS) is 1. The van der Waals surface area contributed by atoms with Crippen molar-refractivity contribution in [3.8, 4) is 0 Å².